The molecule has 9 nitrogen and oxygen atoms in total. The number of nitrogens with one attached hydrogen (secondary N) is 2. The van der Waals surface area contributed by atoms with Crippen molar-refractivity contribution in [2.24, 2.45) is 0 Å². The molecule has 1 amide bonds. The van der Waals surface area contributed by atoms with Crippen LogP contribution in [0.2, 0.25) is 0 Å². The number of amides is 1. The van der Waals surface area contributed by atoms with Crippen LogP contribution in [-0.2, 0) is 22.6 Å². The van der Waals surface area contributed by atoms with E-state index in [9.17, 15) is 14.4 Å². The number of carbonyl (C=O) groups excluding carboxylic acids is 1. The van der Waals surface area contributed by atoms with Gasteiger partial charge in [-0.1, -0.05) is 0 Å². The van der Waals surface area contributed by atoms with Crippen LogP contribution in [0.3, 0.4) is 0 Å². The second kappa shape index (κ2) is 9.13. The second-order valence-corrected chi connectivity index (χ2v) is 10.2. The van der Waals surface area contributed by atoms with E-state index < -0.39 is 11.7 Å². The van der Waals surface area contributed by atoms with Crippen molar-refractivity contribution in [3.63, 3.8) is 0 Å². The maximum atomic E-state index is 13.2. The van der Waals surface area contributed by atoms with Crippen molar-refractivity contribution in [2.75, 3.05) is 6.61 Å². The van der Waals surface area contributed by atoms with Crippen molar-refractivity contribution in [2.45, 2.75) is 85.2 Å². The third-order valence-corrected chi connectivity index (χ3v) is 6.42. The predicted molar refractivity (Wildman–Crippen MR) is 121 cm³/mol. The summed E-state index contributed by atoms with van der Waals surface area (Å²) in [5.74, 6) is 0. The number of thiophene rings is 1. The van der Waals surface area contributed by atoms with E-state index in [0.29, 0.717) is 29.9 Å². The van der Waals surface area contributed by atoms with Gasteiger partial charge >= 0.3 is 11.8 Å². The first-order valence-corrected chi connectivity index (χ1v) is 11.4. The molecule has 0 spiro atoms. The minimum absolute atomic E-state index is 0.0307. The monoisotopic (exact) mass is 452 g/mol. The van der Waals surface area contributed by atoms with Gasteiger partial charge in [0.15, 0.2) is 0 Å². The number of fused-ring (bicyclic) bond motifs is 1. The molecule has 2 N–H and O–H groups in total. The number of ether oxygens (including phenoxy) is 2. The number of nitrogens with zero attached hydrogens (tertiary/aromatic N) is 2. The standard InChI is InChI=1S/C21H32N4O5S/c1-12(2)25-17(26)16-13(3)15(10-22-23-19(27)30-21(4,5)6)31-18(16)24(20(25)28)11-14-8-7-9-29-14/h12,14,22H,7-11H2,1-6H3,(H,23,27). The Labute approximate surface area is 185 Å². The lowest BCUT2D eigenvalue weighted by Gasteiger charge is -2.19. The highest BCUT2D eigenvalue weighted by Gasteiger charge is 2.24. The molecule has 1 atom stereocenters. The first-order chi connectivity index (χ1) is 14.5. The van der Waals surface area contributed by atoms with E-state index >= 15 is 0 Å². The summed E-state index contributed by atoms with van der Waals surface area (Å²) in [5, 5.41) is 0.547. The number of carbonyl (C=O) groups is 1. The van der Waals surface area contributed by atoms with E-state index in [1.54, 1.807) is 25.3 Å². The van der Waals surface area contributed by atoms with Crippen molar-refractivity contribution < 1.29 is 14.3 Å². The van der Waals surface area contributed by atoms with Gasteiger partial charge in [-0.2, -0.15) is 0 Å². The average molecular weight is 453 g/mol. The first kappa shape index (κ1) is 23.5. The van der Waals surface area contributed by atoms with E-state index in [1.165, 1.54) is 15.9 Å². The highest BCUT2D eigenvalue weighted by atomic mass is 32.1. The Kier molecular flexibility index (Phi) is 6.92. The smallest absolute Gasteiger partial charge is 0.422 e. The number of hydrogen-bond donors (Lipinski definition) is 2. The maximum Gasteiger partial charge on any atom is 0.422 e. The molecule has 10 heteroatoms. The van der Waals surface area contributed by atoms with Crippen molar-refractivity contribution in [3.8, 4) is 0 Å². The first-order valence-electron chi connectivity index (χ1n) is 10.6. The van der Waals surface area contributed by atoms with Gasteiger partial charge in [0.25, 0.3) is 5.56 Å². The zero-order valence-electron chi connectivity index (χ0n) is 19.0. The van der Waals surface area contributed by atoms with Crippen LogP contribution in [0.1, 0.15) is 63.9 Å². The summed E-state index contributed by atoms with van der Waals surface area (Å²) in [6, 6.07) is -0.255. The van der Waals surface area contributed by atoms with Crippen LogP contribution in [0.25, 0.3) is 10.2 Å². The van der Waals surface area contributed by atoms with Crippen molar-refractivity contribution in [1.29, 1.82) is 0 Å². The van der Waals surface area contributed by atoms with Gasteiger partial charge in [-0.05, 0) is 59.9 Å². The Bertz CT molecular complexity index is 1070. The molecule has 1 saturated heterocycles. The van der Waals surface area contributed by atoms with Gasteiger partial charge in [-0.3, -0.25) is 19.4 Å². The Hall–Kier alpha value is -2.17. The lowest BCUT2D eigenvalue weighted by molar-refractivity contribution is 0.0497. The van der Waals surface area contributed by atoms with E-state index in [0.717, 1.165) is 23.3 Å². The van der Waals surface area contributed by atoms with Gasteiger partial charge in [-0.15, -0.1) is 11.3 Å². The summed E-state index contributed by atoms with van der Waals surface area (Å²) < 4.78 is 13.9. The van der Waals surface area contributed by atoms with Crippen LogP contribution < -0.4 is 22.1 Å². The van der Waals surface area contributed by atoms with Gasteiger partial charge in [0.05, 0.1) is 18.0 Å². The number of rotatable bonds is 6. The molecule has 31 heavy (non-hydrogen) atoms. The Morgan fingerprint density at radius 2 is 2.03 bits per heavy atom. The summed E-state index contributed by atoms with van der Waals surface area (Å²) in [6.07, 6.45) is 1.26. The fourth-order valence-electron chi connectivity index (χ4n) is 3.69. The van der Waals surface area contributed by atoms with E-state index in [-0.39, 0.29) is 23.4 Å². The maximum absolute atomic E-state index is 13.2. The van der Waals surface area contributed by atoms with Gasteiger partial charge in [0.2, 0.25) is 0 Å². The molecule has 3 heterocycles. The van der Waals surface area contributed by atoms with Crippen molar-refractivity contribution >= 4 is 27.6 Å². The molecule has 1 fully saturated rings. The molecule has 1 aliphatic rings. The normalized spacial score (nSPS) is 16.9. The molecule has 172 valence electrons. The number of hydrazine groups is 1. The van der Waals surface area contributed by atoms with Gasteiger partial charge < -0.3 is 9.47 Å². The minimum Gasteiger partial charge on any atom is -0.443 e. The van der Waals surface area contributed by atoms with Crippen LogP contribution >= 0.6 is 11.3 Å². The third-order valence-electron chi connectivity index (χ3n) is 5.11. The Morgan fingerprint density at radius 1 is 1.32 bits per heavy atom. The molecule has 2 aromatic heterocycles. The SMILES string of the molecule is Cc1c(CNNC(=O)OC(C)(C)C)sc2c1c(=O)n(C(C)C)c(=O)n2CC1CCCO1. The fourth-order valence-corrected chi connectivity index (χ4v) is 4.93. The van der Waals surface area contributed by atoms with Crippen LogP contribution in [-0.4, -0.2) is 33.5 Å². The summed E-state index contributed by atoms with van der Waals surface area (Å²) in [6.45, 7) is 12.3. The molecule has 0 radical (unpaired) electrons. The molecule has 1 aliphatic heterocycles. The minimum atomic E-state index is -0.598. The molecule has 1 unspecified atom stereocenters. The van der Waals surface area contributed by atoms with Crippen LogP contribution in [0, 0.1) is 6.92 Å². The van der Waals surface area contributed by atoms with E-state index in [4.69, 9.17) is 9.47 Å². The Balaban J connectivity index is 1.95. The number of hydrogen-bond acceptors (Lipinski definition) is 7. The van der Waals surface area contributed by atoms with Crippen LogP contribution in [0.5, 0.6) is 0 Å². The molecule has 0 bridgehead atoms. The molecule has 0 saturated carbocycles. The van der Waals surface area contributed by atoms with E-state index in [2.05, 4.69) is 10.9 Å². The number of aryl methyl sites for hydroxylation is 1. The molecule has 0 aromatic carbocycles. The molecule has 2 aromatic rings. The molecule has 0 aliphatic carbocycles. The summed E-state index contributed by atoms with van der Waals surface area (Å²) in [4.78, 5) is 39.7. The lowest BCUT2D eigenvalue weighted by atomic mass is 10.2. The average Bonchev–Trinajstić information content (AvgIpc) is 3.25. The van der Waals surface area contributed by atoms with Gasteiger partial charge in [-0.25, -0.2) is 15.0 Å². The second-order valence-electron chi connectivity index (χ2n) is 9.11. The predicted octanol–water partition coefficient (Wildman–Crippen LogP) is 2.82. The van der Waals surface area contributed by atoms with Gasteiger partial charge in [0, 0.05) is 24.1 Å². The van der Waals surface area contributed by atoms with Gasteiger partial charge in [0.1, 0.15) is 10.4 Å². The summed E-state index contributed by atoms with van der Waals surface area (Å²) in [7, 11) is 0. The highest BCUT2D eigenvalue weighted by Crippen LogP contribution is 2.29. The third kappa shape index (κ3) is 5.19. The zero-order valence-corrected chi connectivity index (χ0v) is 19.9. The van der Waals surface area contributed by atoms with Crippen molar-refractivity contribution in [1.82, 2.24) is 20.0 Å². The zero-order chi connectivity index (χ0) is 22.9. The topological polar surface area (TPSA) is 104 Å². The highest BCUT2D eigenvalue weighted by molar-refractivity contribution is 7.18. The van der Waals surface area contributed by atoms with E-state index in [1.807, 2.05) is 20.8 Å². The molecular weight excluding hydrogens is 420 g/mol. The Morgan fingerprint density at radius 3 is 2.61 bits per heavy atom. The summed E-state index contributed by atoms with van der Waals surface area (Å²) >= 11 is 1.39. The fraction of sp³-hybridized carbons (Fsp3) is 0.667. The van der Waals surface area contributed by atoms with Crippen LogP contribution in [0.4, 0.5) is 4.79 Å². The largest absolute Gasteiger partial charge is 0.443 e. The lowest BCUT2D eigenvalue weighted by Crippen LogP contribution is -2.42. The quantitative estimate of drug-likeness (QED) is 0.654. The number of aromatic nitrogens is 2. The van der Waals surface area contributed by atoms with Crippen molar-refractivity contribution in [3.05, 3.63) is 31.3 Å². The summed E-state index contributed by atoms with van der Waals surface area (Å²) in [5.41, 5.74) is 4.99. The molecule has 3 rings (SSSR count). The van der Waals surface area contributed by atoms with Crippen LogP contribution in [0.15, 0.2) is 9.59 Å². The molecular formula is C21H32N4O5S.